The van der Waals surface area contributed by atoms with Crippen molar-refractivity contribution < 1.29 is 18.3 Å². The van der Waals surface area contributed by atoms with Crippen molar-refractivity contribution in [1.29, 1.82) is 0 Å². The van der Waals surface area contributed by atoms with Crippen molar-refractivity contribution in [3.8, 4) is 0 Å². The van der Waals surface area contributed by atoms with Gasteiger partial charge in [-0.1, -0.05) is 42.5 Å². The third kappa shape index (κ3) is 3.86. The summed E-state index contributed by atoms with van der Waals surface area (Å²) >= 11 is 0. The molecule has 6 nitrogen and oxygen atoms in total. The van der Waals surface area contributed by atoms with Crippen molar-refractivity contribution in [3.05, 3.63) is 101 Å². The molecule has 3 aromatic carbocycles. The van der Waals surface area contributed by atoms with Crippen LogP contribution in [0.2, 0.25) is 0 Å². The number of para-hydroxylation sites is 1. The van der Waals surface area contributed by atoms with Gasteiger partial charge in [0.25, 0.3) is 10.0 Å². The van der Waals surface area contributed by atoms with Gasteiger partial charge in [0.2, 0.25) is 0 Å². The highest BCUT2D eigenvalue weighted by Gasteiger charge is 2.38. The summed E-state index contributed by atoms with van der Waals surface area (Å²) in [6.07, 6.45) is 5.15. The van der Waals surface area contributed by atoms with Crippen LogP contribution in [0.15, 0.2) is 77.7 Å². The number of hydrogen-bond acceptors (Lipinski definition) is 4. The highest BCUT2D eigenvalue weighted by molar-refractivity contribution is 7.92. The predicted molar refractivity (Wildman–Crippen MR) is 133 cm³/mol. The number of carbonyl (C=O) groups is 1. The highest BCUT2D eigenvalue weighted by atomic mass is 32.2. The van der Waals surface area contributed by atoms with Crippen LogP contribution in [0.1, 0.15) is 51.0 Å². The number of aryl methyl sites for hydroxylation is 2. The summed E-state index contributed by atoms with van der Waals surface area (Å²) in [5.74, 6) is -0.652. The number of benzene rings is 3. The van der Waals surface area contributed by atoms with Crippen LogP contribution in [-0.4, -0.2) is 19.5 Å². The quantitative estimate of drug-likeness (QED) is 0.417. The molecule has 3 N–H and O–H groups in total. The van der Waals surface area contributed by atoms with Crippen molar-refractivity contribution in [2.45, 2.75) is 37.1 Å². The van der Waals surface area contributed by atoms with Crippen LogP contribution >= 0.6 is 0 Å². The third-order valence-corrected chi connectivity index (χ3v) is 8.23. The number of aromatic carboxylic acids is 1. The monoisotopic (exact) mass is 474 g/mol. The zero-order valence-electron chi connectivity index (χ0n) is 18.9. The number of anilines is 2. The Morgan fingerprint density at radius 2 is 1.74 bits per heavy atom. The van der Waals surface area contributed by atoms with E-state index in [0.29, 0.717) is 5.69 Å². The molecule has 0 aromatic heterocycles. The smallest absolute Gasteiger partial charge is 0.335 e. The van der Waals surface area contributed by atoms with Gasteiger partial charge in [-0.05, 0) is 78.8 Å². The SMILES string of the molecule is Cc1cccc(C)c1NS(=O)(=O)c1ccc2c(c1)[C@H]1C=CC[C@H]1[C@@H](c1ccc(C(=O)O)cc1)N2. The summed E-state index contributed by atoms with van der Waals surface area (Å²) in [6.45, 7) is 3.78. The van der Waals surface area contributed by atoms with Crippen molar-refractivity contribution >= 4 is 27.4 Å². The Kier molecular flexibility index (Phi) is 5.44. The van der Waals surface area contributed by atoms with Gasteiger partial charge in [-0.3, -0.25) is 4.72 Å². The van der Waals surface area contributed by atoms with Gasteiger partial charge < -0.3 is 10.4 Å². The third-order valence-electron chi connectivity index (χ3n) is 6.88. The fourth-order valence-corrected chi connectivity index (χ4v) is 6.31. The summed E-state index contributed by atoms with van der Waals surface area (Å²) in [6, 6.07) is 17.9. The molecule has 3 atom stereocenters. The van der Waals surface area contributed by atoms with E-state index in [1.54, 1.807) is 24.3 Å². The van der Waals surface area contributed by atoms with E-state index in [4.69, 9.17) is 0 Å². The van der Waals surface area contributed by atoms with Crippen molar-refractivity contribution in [2.24, 2.45) is 5.92 Å². The molecule has 1 aliphatic heterocycles. The molecule has 5 rings (SSSR count). The number of carboxylic acids is 1. The summed E-state index contributed by atoms with van der Waals surface area (Å²) < 4.78 is 29.3. The first-order chi connectivity index (χ1) is 16.2. The van der Waals surface area contributed by atoms with Gasteiger partial charge in [-0.25, -0.2) is 13.2 Å². The van der Waals surface area contributed by atoms with Gasteiger partial charge in [-0.2, -0.15) is 0 Å². The number of carboxylic acid groups (broad SMARTS) is 1. The molecule has 7 heteroatoms. The zero-order chi connectivity index (χ0) is 24.0. The second-order valence-electron chi connectivity index (χ2n) is 9.02. The lowest BCUT2D eigenvalue weighted by Crippen LogP contribution is -2.29. The lowest BCUT2D eigenvalue weighted by Gasteiger charge is -2.37. The Balaban J connectivity index is 1.48. The van der Waals surface area contributed by atoms with Crippen LogP contribution in [0, 0.1) is 19.8 Å². The van der Waals surface area contributed by atoms with Crippen molar-refractivity contribution in [1.82, 2.24) is 0 Å². The second-order valence-corrected chi connectivity index (χ2v) is 10.7. The van der Waals surface area contributed by atoms with Gasteiger partial charge in [-0.15, -0.1) is 0 Å². The normalized spacial score (nSPS) is 20.8. The highest BCUT2D eigenvalue weighted by Crippen LogP contribution is 2.50. The molecule has 0 unspecified atom stereocenters. The topological polar surface area (TPSA) is 95.5 Å². The molecule has 34 heavy (non-hydrogen) atoms. The standard InChI is InChI=1S/C27H26N2O4S/c1-16-5-3-6-17(2)25(16)29-34(32,33)20-13-14-24-23(15-20)21-7-4-8-22(21)26(28-24)18-9-11-19(12-10-18)27(30)31/h3-7,9-15,21-22,26,28-29H,8H2,1-2H3,(H,30,31)/t21-,22+,26+/m0/s1. The Bertz CT molecular complexity index is 1390. The van der Waals surface area contributed by atoms with Crippen LogP contribution in [-0.2, 0) is 10.0 Å². The number of rotatable bonds is 5. The number of allylic oxidation sites excluding steroid dienone is 2. The fourth-order valence-electron chi connectivity index (χ4n) is 5.07. The molecule has 0 bridgehead atoms. The van der Waals surface area contributed by atoms with E-state index < -0.39 is 16.0 Å². The van der Waals surface area contributed by atoms with Crippen molar-refractivity contribution in [2.75, 3.05) is 10.0 Å². The number of sulfonamides is 1. The van der Waals surface area contributed by atoms with E-state index in [-0.39, 0.29) is 28.3 Å². The number of fused-ring (bicyclic) bond motifs is 3. The van der Waals surface area contributed by atoms with E-state index in [2.05, 4.69) is 22.2 Å². The van der Waals surface area contributed by atoms with Gasteiger partial charge in [0, 0.05) is 11.6 Å². The first-order valence-corrected chi connectivity index (χ1v) is 12.7. The lowest BCUT2D eigenvalue weighted by atomic mass is 9.77. The molecule has 0 saturated heterocycles. The van der Waals surface area contributed by atoms with Crippen molar-refractivity contribution in [3.63, 3.8) is 0 Å². The van der Waals surface area contributed by atoms with E-state index in [9.17, 15) is 18.3 Å². The lowest BCUT2D eigenvalue weighted by molar-refractivity contribution is 0.0697. The molecule has 2 aliphatic rings. The molecule has 174 valence electrons. The first-order valence-electron chi connectivity index (χ1n) is 11.2. The fraction of sp³-hybridized carbons (Fsp3) is 0.222. The minimum Gasteiger partial charge on any atom is -0.478 e. The van der Waals surface area contributed by atoms with Gasteiger partial charge >= 0.3 is 5.97 Å². The zero-order valence-corrected chi connectivity index (χ0v) is 19.8. The van der Waals surface area contributed by atoms with E-state index in [0.717, 1.165) is 34.4 Å². The average Bonchev–Trinajstić information content (AvgIpc) is 3.31. The maximum atomic E-state index is 13.3. The molecule has 3 aromatic rings. The molecule has 0 amide bonds. The Morgan fingerprint density at radius 3 is 2.41 bits per heavy atom. The maximum absolute atomic E-state index is 13.3. The summed E-state index contributed by atoms with van der Waals surface area (Å²) in [7, 11) is -3.76. The van der Waals surface area contributed by atoms with E-state index in [1.165, 1.54) is 0 Å². The van der Waals surface area contributed by atoms with Crippen LogP contribution in [0.4, 0.5) is 11.4 Å². The molecule has 0 spiro atoms. The van der Waals surface area contributed by atoms with Gasteiger partial charge in [0.05, 0.1) is 22.2 Å². The van der Waals surface area contributed by atoms with Crippen LogP contribution < -0.4 is 10.0 Å². The molecular formula is C27H26N2O4S. The molecule has 0 saturated carbocycles. The largest absolute Gasteiger partial charge is 0.478 e. The molecular weight excluding hydrogens is 448 g/mol. The Labute approximate surface area is 199 Å². The average molecular weight is 475 g/mol. The summed E-state index contributed by atoms with van der Waals surface area (Å²) in [5.41, 5.74) is 5.49. The Hall–Kier alpha value is -3.58. The summed E-state index contributed by atoms with van der Waals surface area (Å²) in [4.78, 5) is 11.5. The first kappa shape index (κ1) is 22.2. The maximum Gasteiger partial charge on any atom is 0.335 e. The molecule has 0 radical (unpaired) electrons. The molecule has 1 aliphatic carbocycles. The number of hydrogen-bond donors (Lipinski definition) is 3. The van der Waals surface area contributed by atoms with Gasteiger partial charge in [0.1, 0.15) is 0 Å². The van der Waals surface area contributed by atoms with Gasteiger partial charge in [0.15, 0.2) is 0 Å². The van der Waals surface area contributed by atoms with E-state index >= 15 is 0 Å². The van der Waals surface area contributed by atoms with Crippen LogP contribution in [0.25, 0.3) is 0 Å². The number of nitrogens with one attached hydrogen (secondary N) is 2. The summed E-state index contributed by atoms with van der Waals surface area (Å²) in [5, 5.41) is 12.8. The predicted octanol–water partition coefficient (Wildman–Crippen LogP) is 5.63. The molecule has 0 fully saturated rings. The van der Waals surface area contributed by atoms with Crippen LogP contribution in [0.3, 0.4) is 0 Å². The van der Waals surface area contributed by atoms with E-state index in [1.807, 2.05) is 50.2 Å². The van der Waals surface area contributed by atoms with Crippen LogP contribution in [0.5, 0.6) is 0 Å². The second kappa shape index (κ2) is 8.33. The minimum absolute atomic E-state index is 0.00513. The minimum atomic E-state index is -3.76. The Morgan fingerprint density at radius 1 is 1.03 bits per heavy atom. The molecule has 1 heterocycles.